The van der Waals surface area contributed by atoms with E-state index >= 15 is 0 Å². The molecule has 1 heterocycles. The molecule has 0 unspecified atom stereocenters. The molecule has 0 aliphatic heterocycles. The molecule has 2 N–H and O–H groups in total. The molecule has 7 heteroatoms. The molecule has 1 aromatic carbocycles. The Morgan fingerprint density at radius 3 is 2.70 bits per heavy atom. The lowest BCUT2D eigenvalue weighted by Crippen LogP contribution is -2.16. The quantitative estimate of drug-likeness (QED) is 0.855. The molecule has 0 saturated carbocycles. The highest BCUT2D eigenvalue weighted by Gasteiger charge is 2.11. The molecule has 0 spiro atoms. The number of aromatic nitrogens is 2. The van der Waals surface area contributed by atoms with Crippen molar-refractivity contribution in [2.24, 2.45) is 5.92 Å². The molecule has 0 bridgehead atoms. The minimum atomic E-state index is -1.03. The van der Waals surface area contributed by atoms with Crippen LogP contribution in [0.15, 0.2) is 30.5 Å². The van der Waals surface area contributed by atoms with Crippen molar-refractivity contribution in [2.45, 2.75) is 20.3 Å². The third kappa shape index (κ3) is 4.98. The molecule has 122 valence electrons. The Labute approximate surface area is 133 Å². The van der Waals surface area contributed by atoms with E-state index in [1.165, 1.54) is 18.3 Å². The molecule has 0 aliphatic carbocycles. The molecule has 0 saturated heterocycles. The van der Waals surface area contributed by atoms with Gasteiger partial charge in [-0.05, 0) is 30.5 Å². The largest absolute Gasteiger partial charge is 0.354 e. The maximum Gasteiger partial charge on any atom is 0.274 e. The second-order valence-electron chi connectivity index (χ2n) is 5.46. The number of nitrogens with one attached hydrogen (secondary N) is 2. The zero-order chi connectivity index (χ0) is 16.8. The summed E-state index contributed by atoms with van der Waals surface area (Å²) in [6, 6.07) is 4.59. The van der Waals surface area contributed by atoms with Gasteiger partial charge in [-0.1, -0.05) is 13.8 Å². The van der Waals surface area contributed by atoms with E-state index in [1.807, 2.05) is 0 Å². The highest BCUT2D eigenvalue weighted by molar-refractivity contribution is 6.02. The number of nitrogens with zero attached hydrogens (tertiary/aromatic N) is 2. The van der Waals surface area contributed by atoms with Crippen molar-refractivity contribution in [1.82, 2.24) is 9.97 Å². The Morgan fingerprint density at radius 2 is 2.00 bits per heavy atom. The summed E-state index contributed by atoms with van der Waals surface area (Å²) >= 11 is 0. The third-order valence-corrected chi connectivity index (χ3v) is 3.07. The van der Waals surface area contributed by atoms with Crippen LogP contribution in [0.2, 0.25) is 0 Å². The SMILES string of the molecule is CC(C)CCNc1nccc(C(=O)Nc2ccc(F)c(F)c2)n1. The second kappa shape index (κ2) is 7.62. The Hall–Kier alpha value is -2.57. The molecule has 0 radical (unpaired) electrons. The van der Waals surface area contributed by atoms with Crippen LogP contribution in [-0.2, 0) is 0 Å². The lowest BCUT2D eigenvalue weighted by molar-refractivity contribution is 0.102. The Kier molecular flexibility index (Phi) is 5.56. The lowest BCUT2D eigenvalue weighted by atomic mass is 10.1. The summed E-state index contributed by atoms with van der Waals surface area (Å²) < 4.78 is 26.0. The molecule has 23 heavy (non-hydrogen) atoms. The molecule has 2 rings (SSSR count). The highest BCUT2D eigenvalue weighted by atomic mass is 19.2. The molecule has 1 aromatic heterocycles. The first-order chi connectivity index (χ1) is 11.0. The smallest absolute Gasteiger partial charge is 0.274 e. The molecule has 0 atom stereocenters. The number of amides is 1. The van der Waals surface area contributed by atoms with E-state index in [2.05, 4.69) is 34.4 Å². The van der Waals surface area contributed by atoms with Crippen molar-refractivity contribution in [3.8, 4) is 0 Å². The average Bonchev–Trinajstić information content (AvgIpc) is 2.51. The van der Waals surface area contributed by atoms with Crippen LogP contribution in [-0.4, -0.2) is 22.4 Å². The Bertz CT molecular complexity index is 692. The van der Waals surface area contributed by atoms with Gasteiger partial charge in [-0.3, -0.25) is 4.79 Å². The number of carbonyl (C=O) groups excluding carboxylic acids is 1. The monoisotopic (exact) mass is 320 g/mol. The summed E-state index contributed by atoms with van der Waals surface area (Å²) in [5.74, 6) is -1.63. The van der Waals surface area contributed by atoms with Crippen LogP contribution < -0.4 is 10.6 Å². The summed E-state index contributed by atoms with van der Waals surface area (Å²) in [6.07, 6.45) is 2.42. The number of hydrogen-bond donors (Lipinski definition) is 2. The number of rotatable bonds is 6. The first-order valence-electron chi connectivity index (χ1n) is 7.29. The van der Waals surface area contributed by atoms with Crippen LogP contribution >= 0.6 is 0 Å². The standard InChI is InChI=1S/C16H18F2N4O/c1-10(2)5-7-19-16-20-8-6-14(22-16)15(23)21-11-3-4-12(17)13(18)9-11/h3-4,6,8-10H,5,7H2,1-2H3,(H,21,23)(H,19,20,22). The van der Waals surface area contributed by atoms with Gasteiger partial charge in [0.05, 0.1) is 0 Å². The van der Waals surface area contributed by atoms with Gasteiger partial charge in [0.25, 0.3) is 5.91 Å². The maximum absolute atomic E-state index is 13.1. The predicted octanol–water partition coefficient (Wildman–Crippen LogP) is 3.47. The van der Waals surface area contributed by atoms with Crippen molar-refractivity contribution in [1.29, 1.82) is 0 Å². The van der Waals surface area contributed by atoms with Gasteiger partial charge in [0, 0.05) is 24.5 Å². The first kappa shape index (κ1) is 16.8. The van der Waals surface area contributed by atoms with Crippen molar-refractivity contribution in [3.05, 3.63) is 47.8 Å². The number of halogens is 2. The fourth-order valence-corrected chi connectivity index (χ4v) is 1.81. The summed E-state index contributed by atoms with van der Waals surface area (Å²) in [4.78, 5) is 20.2. The molecule has 0 fully saturated rings. The highest BCUT2D eigenvalue weighted by Crippen LogP contribution is 2.14. The number of anilines is 2. The molecule has 0 aliphatic rings. The van der Waals surface area contributed by atoms with Crippen LogP contribution in [0.25, 0.3) is 0 Å². The zero-order valence-corrected chi connectivity index (χ0v) is 12.9. The van der Waals surface area contributed by atoms with Gasteiger partial charge >= 0.3 is 0 Å². The number of benzene rings is 1. The number of hydrogen-bond acceptors (Lipinski definition) is 4. The minimum absolute atomic E-state index is 0.136. The van der Waals surface area contributed by atoms with Crippen molar-refractivity contribution in [2.75, 3.05) is 17.2 Å². The second-order valence-corrected chi connectivity index (χ2v) is 5.46. The average molecular weight is 320 g/mol. The maximum atomic E-state index is 13.1. The van der Waals surface area contributed by atoms with Gasteiger partial charge in [0.2, 0.25) is 5.95 Å². The first-order valence-corrected chi connectivity index (χ1v) is 7.29. The molecular formula is C16H18F2N4O. The summed E-state index contributed by atoms with van der Waals surface area (Å²) in [7, 11) is 0. The van der Waals surface area contributed by atoms with Crippen LogP contribution in [0, 0.1) is 17.6 Å². The van der Waals surface area contributed by atoms with Crippen LogP contribution in [0.3, 0.4) is 0 Å². The lowest BCUT2D eigenvalue weighted by Gasteiger charge is -2.08. The van der Waals surface area contributed by atoms with E-state index in [4.69, 9.17) is 0 Å². The van der Waals surface area contributed by atoms with E-state index in [0.717, 1.165) is 18.6 Å². The molecule has 1 amide bonds. The fourth-order valence-electron chi connectivity index (χ4n) is 1.81. The molecule has 5 nitrogen and oxygen atoms in total. The predicted molar refractivity (Wildman–Crippen MR) is 84.3 cm³/mol. The van der Waals surface area contributed by atoms with Gasteiger partial charge in [0.15, 0.2) is 11.6 Å². The fraction of sp³-hybridized carbons (Fsp3) is 0.312. The van der Waals surface area contributed by atoms with Gasteiger partial charge in [-0.2, -0.15) is 0 Å². The van der Waals surface area contributed by atoms with Crippen LogP contribution in [0.4, 0.5) is 20.4 Å². The summed E-state index contributed by atoms with van der Waals surface area (Å²) in [5.41, 5.74) is 0.290. The summed E-state index contributed by atoms with van der Waals surface area (Å²) in [6.45, 7) is 4.91. The molecule has 2 aromatic rings. The van der Waals surface area contributed by atoms with E-state index in [0.29, 0.717) is 18.4 Å². The van der Waals surface area contributed by atoms with Crippen molar-refractivity contribution >= 4 is 17.5 Å². The summed E-state index contributed by atoms with van der Waals surface area (Å²) in [5, 5.41) is 5.50. The zero-order valence-electron chi connectivity index (χ0n) is 12.9. The van der Waals surface area contributed by atoms with Gasteiger partial charge < -0.3 is 10.6 Å². The Balaban J connectivity index is 2.02. The number of carbonyl (C=O) groups is 1. The van der Waals surface area contributed by atoms with Gasteiger partial charge in [-0.25, -0.2) is 18.7 Å². The van der Waals surface area contributed by atoms with Crippen LogP contribution in [0.1, 0.15) is 30.8 Å². The van der Waals surface area contributed by atoms with Crippen LogP contribution in [0.5, 0.6) is 0 Å². The van der Waals surface area contributed by atoms with Gasteiger partial charge in [0.1, 0.15) is 5.69 Å². The van der Waals surface area contributed by atoms with Crippen molar-refractivity contribution in [3.63, 3.8) is 0 Å². The van der Waals surface area contributed by atoms with E-state index < -0.39 is 17.5 Å². The topological polar surface area (TPSA) is 66.9 Å². The van der Waals surface area contributed by atoms with E-state index in [1.54, 1.807) is 0 Å². The molecular weight excluding hydrogens is 302 g/mol. The minimum Gasteiger partial charge on any atom is -0.354 e. The van der Waals surface area contributed by atoms with E-state index in [-0.39, 0.29) is 11.4 Å². The van der Waals surface area contributed by atoms with Gasteiger partial charge in [-0.15, -0.1) is 0 Å². The Morgan fingerprint density at radius 1 is 1.22 bits per heavy atom. The van der Waals surface area contributed by atoms with E-state index in [9.17, 15) is 13.6 Å². The normalized spacial score (nSPS) is 10.7. The third-order valence-electron chi connectivity index (χ3n) is 3.07. The van der Waals surface area contributed by atoms with Crippen molar-refractivity contribution < 1.29 is 13.6 Å².